The van der Waals surface area contributed by atoms with Crippen LogP contribution >= 0.6 is 0 Å². The minimum Gasteiger partial charge on any atom is -0.395 e. The van der Waals surface area contributed by atoms with Crippen LogP contribution < -0.4 is 4.57 Å². The van der Waals surface area contributed by atoms with Crippen LogP contribution in [-0.4, -0.2) is 5.97 Å². The van der Waals surface area contributed by atoms with Crippen molar-refractivity contribution in [1.82, 2.24) is 0 Å². The number of rotatable bonds is 5. The molecule has 1 unspecified atom stereocenters. The van der Waals surface area contributed by atoms with Gasteiger partial charge < -0.3 is 4.74 Å². The highest BCUT2D eigenvalue weighted by atomic mass is 16.6. The Morgan fingerprint density at radius 2 is 1.14 bits per heavy atom. The van der Waals surface area contributed by atoms with Gasteiger partial charge in [-0.15, -0.1) is 0 Å². The van der Waals surface area contributed by atoms with Crippen molar-refractivity contribution in [3.05, 3.63) is 127 Å². The second-order valence-corrected chi connectivity index (χ2v) is 6.43. The summed E-state index contributed by atoms with van der Waals surface area (Å²) in [4.78, 5) is 12.7. The molecule has 3 heteroatoms. The van der Waals surface area contributed by atoms with Gasteiger partial charge in [0.1, 0.15) is 0 Å². The number of benzene rings is 3. The van der Waals surface area contributed by atoms with Gasteiger partial charge in [0.05, 0.1) is 11.1 Å². The fourth-order valence-corrected chi connectivity index (χ4v) is 3.08. The molecule has 0 bridgehead atoms. The number of carbonyl (C=O) groups is 1. The zero-order valence-electron chi connectivity index (χ0n) is 15.3. The number of carbonyl (C=O) groups excluding carboxylic acids is 1. The van der Waals surface area contributed by atoms with Crippen LogP contribution in [0.3, 0.4) is 0 Å². The summed E-state index contributed by atoms with van der Waals surface area (Å²) in [6.45, 7) is 0. The molecule has 28 heavy (non-hydrogen) atoms. The smallest absolute Gasteiger partial charge is 0.343 e. The predicted molar refractivity (Wildman–Crippen MR) is 109 cm³/mol. The first-order chi connectivity index (χ1) is 13.8. The average molecular weight is 366 g/mol. The summed E-state index contributed by atoms with van der Waals surface area (Å²) in [6.07, 6.45) is 3.34. The van der Waals surface area contributed by atoms with Crippen LogP contribution in [0.1, 0.15) is 22.1 Å². The van der Waals surface area contributed by atoms with Gasteiger partial charge in [-0.3, -0.25) is 0 Å². The molecule has 0 fully saturated rings. The molecule has 0 aliphatic heterocycles. The fourth-order valence-electron chi connectivity index (χ4n) is 3.08. The standard InChI is InChI=1S/C25H20NO2/c27-25(23-14-8-3-9-15-23)28-24(22-12-6-2-7-13-22)26-18-16-21(17-19-26)20-10-4-1-5-11-20/h1-19,24H/q+1. The predicted octanol–water partition coefficient (Wildman–Crippen LogP) is 5.05. The highest BCUT2D eigenvalue weighted by Crippen LogP contribution is 2.20. The summed E-state index contributed by atoms with van der Waals surface area (Å²) in [5, 5.41) is 0. The molecule has 4 aromatic rings. The number of esters is 1. The molecule has 0 saturated heterocycles. The summed E-state index contributed by atoms with van der Waals surface area (Å²) in [6, 6.07) is 33.0. The third kappa shape index (κ3) is 3.99. The number of nitrogens with zero attached hydrogens (tertiary/aromatic N) is 1. The molecule has 1 aromatic heterocycles. The van der Waals surface area contributed by atoms with Gasteiger partial charge in [0.25, 0.3) is 0 Å². The summed E-state index contributed by atoms with van der Waals surface area (Å²) < 4.78 is 7.78. The van der Waals surface area contributed by atoms with E-state index < -0.39 is 6.23 Å². The van der Waals surface area contributed by atoms with Crippen molar-refractivity contribution in [3.63, 3.8) is 0 Å². The van der Waals surface area contributed by atoms with Crippen LogP contribution in [0.4, 0.5) is 0 Å². The molecule has 3 aromatic carbocycles. The lowest BCUT2D eigenvalue weighted by molar-refractivity contribution is -0.746. The third-order valence-corrected chi connectivity index (χ3v) is 4.54. The number of aromatic nitrogens is 1. The third-order valence-electron chi connectivity index (χ3n) is 4.54. The van der Waals surface area contributed by atoms with Crippen molar-refractivity contribution in [2.24, 2.45) is 0 Å². The Balaban J connectivity index is 1.65. The van der Waals surface area contributed by atoms with Crippen LogP contribution in [0.25, 0.3) is 11.1 Å². The molecule has 1 heterocycles. The normalized spacial score (nSPS) is 11.6. The molecule has 3 nitrogen and oxygen atoms in total. The zero-order valence-corrected chi connectivity index (χ0v) is 15.3. The van der Waals surface area contributed by atoms with Crippen molar-refractivity contribution >= 4 is 5.97 Å². The molecule has 0 radical (unpaired) electrons. The molecule has 0 spiro atoms. The van der Waals surface area contributed by atoms with Gasteiger partial charge in [0, 0.05) is 12.1 Å². The second-order valence-electron chi connectivity index (χ2n) is 6.43. The van der Waals surface area contributed by atoms with E-state index in [0.717, 1.165) is 16.7 Å². The lowest BCUT2D eigenvalue weighted by Crippen LogP contribution is -2.42. The van der Waals surface area contributed by atoms with Gasteiger partial charge in [-0.25, -0.2) is 4.79 Å². The molecule has 0 N–H and O–H groups in total. The van der Waals surface area contributed by atoms with Crippen molar-refractivity contribution in [2.75, 3.05) is 0 Å². The van der Waals surface area contributed by atoms with Gasteiger partial charge in [-0.05, 0) is 35.4 Å². The summed E-state index contributed by atoms with van der Waals surface area (Å²) in [7, 11) is 0. The first kappa shape index (κ1) is 17.7. The Morgan fingerprint density at radius 1 is 0.643 bits per heavy atom. The largest absolute Gasteiger partial charge is 0.395 e. The first-order valence-corrected chi connectivity index (χ1v) is 9.18. The molecule has 0 amide bonds. The number of pyridine rings is 1. The quantitative estimate of drug-likeness (QED) is 0.366. The molecule has 0 aliphatic rings. The van der Waals surface area contributed by atoms with E-state index in [1.54, 1.807) is 12.1 Å². The molecule has 4 rings (SSSR count). The van der Waals surface area contributed by atoms with E-state index in [-0.39, 0.29) is 5.97 Å². The van der Waals surface area contributed by atoms with E-state index in [4.69, 9.17) is 4.74 Å². The Labute approximate surface area is 164 Å². The van der Waals surface area contributed by atoms with Crippen LogP contribution in [-0.2, 0) is 4.74 Å². The van der Waals surface area contributed by atoms with Crippen LogP contribution in [0, 0.1) is 0 Å². The molecule has 1 atom stereocenters. The summed E-state index contributed by atoms with van der Waals surface area (Å²) in [5.74, 6) is -0.353. The van der Waals surface area contributed by atoms with Crippen molar-refractivity contribution in [1.29, 1.82) is 0 Å². The maximum absolute atomic E-state index is 12.7. The van der Waals surface area contributed by atoms with Gasteiger partial charge in [0.15, 0.2) is 12.4 Å². The van der Waals surface area contributed by atoms with E-state index >= 15 is 0 Å². The minimum absolute atomic E-state index is 0.353. The Kier molecular flexibility index (Phi) is 5.25. The second kappa shape index (κ2) is 8.31. The number of hydrogen-bond donors (Lipinski definition) is 0. The lowest BCUT2D eigenvalue weighted by Gasteiger charge is -2.14. The van der Waals surface area contributed by atoms with Crippen LogP contribution in [0.15, 0.2) is 116 Å². The maximum Gasteiger partial charge on any atom is 0.343 e. The van der Waals surface area contributed by atoms with E-state index in [1.807, 2.05) is 95.8 Å². The Hall–Kier alpha value is -3.72. The monoisotopic (exact) mass is 366 g/mol. The molecular formula is C25H20NO2+. The summed E-state index contributed by atoms with van der Waals surface area (Å²) >= 11 is 0. The van der Waals surface area contributed by atoms with Gasteiger partial charge in [-0.2, -0.15) is 4.57 Å². The topological polar surface area (TPSA) is 30.2 Å². The molecule has 0 aliphatic carbocycles. The highest BCUT2D eigenvalue weighted by Gasteiger charge is 2.26. The molecule has 0 saturated carbocycles. The Bertz CT molecular complexity index is 1030. The SMILES string of the molecule is O=C(OC(c1ccccc1)[n+]1ccc(-c2ccccc2)cc1)c1ccccc1. The van der Waals surface area contributed by atoms with Gasteiger partial charge >= 0.3 is 12.2 Å². The van der Waals surface area contributed by atoms with Gasteiger partial charge in [-0.1, -0.05) is 66.7 Å². The maximum atomic E-state index is 12.7. The Morgan fingerprint density at radius 3 is 1.75 bits per heavy atom. The lowest BCUT2D eigenvalue weighted by atomic mass is 10.1. The summed E-state index contributed by atoms with van der Waals surface area (Å²) in [5.41, 5.74) is 3.69. The fraction of sp³-hybridized carbons (Fsp3) is 0.0400. The van der Waals surface area contributed by atoms with E-state index in [2.05, 4.69) is 12.1 Å². The van der Waals surface area contributed by atoms with Crippen LogP contribution in [0.2, 0.25) is 0 Å². The van der Waals surface area contributed by atoms with E-state index in [0.29, 0.717) is 5.56 Å². The van der Waals surface area contributed by atoms with E-state index in [9.17, 15) is 4.79 Å². The van der Waals surface area contributed by atoms with Gasteiger partial charge in [0.2, 0.25) is 0 Å². The van der Waals surface area contributed by atoms with E-state index in [1.165, 1.54) is 0 Å². The van der Waals surface area contributed by atoms with Crippen molar-refractivity contribution < 1.29 is 14.1 Å². The van der Waals surface area contributed by atoms with Crippen LogP contribution in [0.5, 0.6) is 0 Å². The molecular weight excluding hydrogens is 346 g/mol. The number of hydrogen-bond acceptors (Lipinski definition) is 2. The van der Waals surface area contributed by atoms with Crippen molar-refractivity contribution in [3.8, 4) is 11.1 Å². The first-order valence-electron chi connectivity index (χ1n) is 9.18. The minimum atomic E-state index is -0.543. The average Bonchev–Trinajstić information content (AvgIpc) is 2.79. The highest BCUT2D eigenvalue weighted by molar-refractivity contribution is 5.89. The number of ether oxygens (including phenoxy) is 1. The zero-order chi connectivity index (χ0) is 19.2. The van der Waals surface area contributed by atoms with Crippen molar-refractivity contribution in [2.45, 2.75) is 6.23 Å². The molecule has 136 valence electrons.